The number of ketones is 4. The molecule has 0 radical (unpaired) electrons. The summed E-state index contributed by atoms with van der Waals surface area (Å²) in [7, 11) is -9.98. The van der Waals surface area contributed by atoms with Gasteiger partial charge in [0.2, 0.25) is 16.6 Å². The lowest BCUT2D eigenvalue weighted by atomic mass is 10.1. The molecule has 650 valence electrons. The van der Waals surface area contributed by atoms with Crippen molar-refractivity contribution >= 4 is 109 Å². The molecule has 0 atom stereocenters. The van der Waals surface area contributed by atoms with Crippen LogP contribution in [0.4, 0.5) is 0 Å². The van der Waals surface area contributed by atoms with Crippen LogP contribution >= 0.6 is 0 Å². The summed E-state index contributed by atoms with van der Waals surface area (Å²) >= 11 is 0. The molecule has 0 aliphatic carbocycles. The van der Waals surface area contributed by atoms with Crippen LogP contribution in [0.2, 0.25) is 88.6 Å². The molecule has 24 nitrogen and oxygen atoms in total. The van der Waals surface area contributed by atoms with E-state index in [0.29, 0.717) is 47.3 Å². The second-order valence-electron chi connectivity index (χ2n) is 21.9. The van der Waals surface area contributed by atoms with Gasteiger partial charge < -0.3 is 40.8 Å². The lowest BCUT2D eigenvalue weighted by Gasteiger charge is -2.40. The molecule has 2 aromatic rings. The van der Waals surface area contributed by atoms with Gasteiger partial charge in [0.1, 0.15) is 43.5 Å². The van der Waals surface area contributed by atoms with E-state index >= 15 is 0 Å². The summed E-state index contributed by atoms with van der Waals surface area (Å²) in [6.07, 6.45) is 0.0788. The number of carbonyl (C=O) groups is 10. The van der Waals surface area contributed by atoms with E-state index in [1.807, 2.05) is 80.1 Å². The fourth-order valence-corrected chi connectivity index (χ4v) is 33.3. The SMILES string of the molecule is C.C.C.C.C.C.C.C.C.C.C.C.C.C.C.C.C.C.C.C.C.C.CC[Si](CC)(COC(=O)CC(C)=O)O[Si](CC)(CC)COC(=O)CC(=O)OOC.COOC(=O)C[Si](C)(C)O[Si](C)(C)CC(C)=O.COOC(=O)c1ccc(C(=O)COC[Si](C)(C)O[Si](C)(C)COCOC(=O)c2ccc(C(C)=O)cc2)cc1. The molecule has 0 aliphatic heterocycles. The first-order valence-corrected chi connectivity index (χ1v) is 44.7. The van der Waals surface area contributed by atoms with Crippen molar-refractivity contribution in [3.63, 3.8) is 0 Å². The van der Waals surface area contributed by atoms with Crippen molar-refractivity contribution in [1.82, 2.24) is 0 Å². The van der Waals surface area contributed by atoms with E-state index in [1.165, 1.54) is 71.6 Å². The van der Waals surface area contributed by atoms with Crippen molar-refractivity contribution in [1.29, 1.82) is 0 Å². The number of benzene rings is 2. The molecule has 0 aliphatic rings. The molecule has 2 rings (SSSR count). The molecular weight excluding hydrogens is 1470 g/mol. The van der Waals surface area contributed by atoms with Gasteiger partial charge in [-0.3, -0.25) is 38.6 Å². The summed E-state index contributed by atoms with van der Waals surface area (Å²) in [5.41, 5.74) is 1.52. The van der Waals surface area contributed by atoms with Gasteiger partial charge in [0.25, 0.3) is 0 Å². The quantitative estimate of drug-likeness (QED) is 0.00698. The number of ether oxygens (including phenoxy) is 5. The lowest BCUT2D eigenvalue weighted by molar-refractivity contribution is -0.255. The van der Waals surface area contributed by atoms with Crippen LogP contribution in [0.1, 0.15) is 266 Å². The van der Waals surface area contributed by atoms with Crippen LogP contribution in [-0.4, -0.2) is 169 Å². The van der Waals surface area contributed by atoms with E-state index in [-0.39, 0.29) is 230 Å². The molecule has 2 aromatic carbocycles. The third-order valence-electron chi connectivity index (χ3n) is 11.9. The van der Waals surface area contributed by atoms with Gasteiger partial charge in [-0.05, 0) is 122 Å². The summed E-state index contributed by atoms with van der Waals surface area (Å²) in [5, 5.41) is 0. The maximum atomic E-state index is 12.4. The van der Waals surface area contributed by atoms with Crippen LogP contribution in [0.3, 0.4) is 0 Å². The number of esters is 3. The summed E-state index contributed by atoms with van der Waals surface area (Å²) in [5.74, 6) is -4.13. The van der Waals surface area contributed by atoms with E-state index in [2.05, 4.69) is 29.3 Å². The zero-order valence-electron chi connectivity index (χ0n) is 52.3. The van der Waals surface area contributed by atoms with Gasteiger partial charge in [-0.15, -0.1) is 0 Å². The summed E-state index contributed by atoms with van der Waals surface area (Å²) < 4.78 is 46.2. The normalized spacial score (nSPS) is 9.34. The first-order chi connectivity index (χ1) is 39.0. The molecule has 0 aromatic heterocycles. The monoisotopic (exact) mass is 1640 g/mol. The fourth-order valence-electron chi connectivity index (χ4n) is 8.08. The molecule has 0 fully saturated rings. The molecule has 106 heavy (non-hydrogen) atoms. The van der Waals surface area contributed by atoms with Crippen molar-refractivity contribution in [2.24, 2.45) is 0 Å². The molecule has 0 amide bonds. The minimum Gasteiger partial charge on any atom is -0.466 e. The van der Waals surface area contributed by atoms with Crippen LogP contribution in [0.5, 0.6) is 0 Å². The molecule has 0 saturated heterocycles. The standard InChI is InChI=1S/C26H34O10Si2.C18H34O9Si2.C10H22O5Si2.22CH4/c1-19(27)20-7-11-22(12-8-20)25(29)34-16-33-18-38(5,6)36-37(3,4)17-32-15-24(28)21-9-13-23(14-10-21)26(30)35-31-2;1-7-28(8-2,13-24-16(20)11-15(5)19)27-29(9-3,10-4)14-25-17(21)12-18(22)26-23-6;1-9(11)7-16(3,4)15-17(5,6)8-10(12)14-13-2;;;;;;;;;;;;;;;;;;;;;;/h7-14H,15-18H2,1-6H3;7-14H2,1-6H3;7-8H2,1-6H3;22*1H4. The third kappa shape index (κ3) is 71.8. The van der Waals surface area contributed by atoms with Crippen LogP contribution in [0.25, 0.3) is 0 Å². The highest BCUT2D eigenvalue weighted by Crippen LogP contribution is 2.29. The largest absolute Gasteiger partial charge is 0.466 e. The van der Waals surface area contributed by atoms with Crippen molar-refractivity contribution in [2.45, 2.75) is 313 Å². The van der Waals surface area contributed by atoms with Crippen molar-refractivity contribution in [2.75, 3.05) is 59.6 Å². The van der Waals surface area contributed by atoms with Gasteiger partial charge in [0.05, 0.1) is 51.0 Å². The highest BCUT2D eigenvalue weighted by Gasteiger charge is 2.44. The van der Waals surface area contributed by atoms with Gasteiger partial charge >= 0.3 is 35.8 Å². The Hall–Kier alpha value is -5.08. The second-order valence-corrected chi connectivity index (χ2v) is 47.8. The van der Waals surface area contributed by atoms with E-state index < -0.39 is 92.1 Å². The highest BCUT2D eigenvalue weighted by molar-refractivity contribution is 6.88. The Morgan fingerprint density at radius 2 is 0.642 bits per heavy atom. The molecule has 0 saturated carbocycles. The van der Waals surface area contributed by atoms with Crippen LogP contribution in [-0.2, 0) is 94.1 Å². The number of Topliss-reactive ketones (excluding diaryl/α,β-unsaturated/α-hetero) is 4. The molecule has 0 spiro atoms. The maximum absolute atomic E-state index is 12.4. The summed E-state index contributed by atoms with van der Waals surface area (Å²) in [6.45, 7) is 27.8. The maximum Gasteiger partial charge on any atom is 0.373 e. The Balaban J connectivity index is -0.0000000441. The smallest absolute Gasteiger partial charge is 0.373 e. The Labute approximate surface area is 662 Å². The molecule has 0 unspecified atom stereocenters. The lowest BCUT2D eigenvalue weighted by Crippen LogP contribution is -2.56. The van der Waals surface area contributed by atoms with Gasteiger partial charge in [0, 0.05) is 17.2 Å². The average Bonchev–Trinajstić information content (AvgIpc) is 0.826. The second kappa shape index (κ2) is 82.4. The Bertz CT molecular complexity index is 2450. The van der Waals surface area contributed by atoms with Crippen molar-refractivity contribution in [3.05, 3.63) is 70.8 Å². The Morgan fingerprint density at radius 3 is 0.991 bits per heavy atom. The number of hydrogen-bond acceptors (Lipinski definition) is 24. The van der Waals surface area contributed by atoms with Crippen LogP contribution in [0.15, 0.2) is 48.5 Å². The zero-order chi connectivity index (χ0) is 64.5. The summed E-state index contributed by atoms with van der Waals surface area (Å²) in [6, 6.07) is 15.8. The van der Waals surface area contributed by atoms with Gasteiger partial charge in [-0.1, -0.05) is 215 Å². The molecule has 0 bridgehead atoms. The molecule has 0 N–H and O–H groups in total. The number of rotatable bonds is 37. The highest BCUT2D eigenvalue weighted by atomic mass is 28.4. The van der Waals surface area contributed by atoms with Gasteiger partial charge in [-0.25, -0.2) is 19.2 Å². The molecule has 30 heteroatoms. The van der Waals surface area contributed by atoms with E-state index in [9.17, 15) is 47.9 Å². The fraction of sp³-hybridized carbons (Fsp3) is 0.711. The van der Waals surface area contributed by atoms with Gasteiger partial charge in [-0.2, -0.15) is 14.7 Å². The first kappa shape index (κ1) is 166. The number of carbonyl (C=O) groups excluding carboxylic acids is 10. The molecule has 0 heterocycles. The Kier molecular flexibility index (Phi) is 129. The van der Waals surface area contributed by atoms with Crippen LogP contribution < -0.4 is 0 Å². The van der Waals surface area contributed by atoms with Crippen molar-refractivity contribution in [3.8, 4) is 0 Å². The Morgan fingerprint density at radius 1 is 0.321 bits per heavy atom. The minimum atomic E-state index is -2.48. The van der Waals surface area contributed by atoms with E-state index in [0.717, 1.165) is 12.1 Å². The third-order valence-corrected chi connectivity index (χ3v) is 35.0. The predicted octanol–water partition coefficient (Wildman–Crippen LogP) is 22.9. The number of hydrogen-bond donors (Lipinski definition) is 0. The minimum absolute atomic E-state index is 0. The summed E-state index contributed by atoms with van der Waals surface area (Å²) in [4.78, 5) is 142. The van der Waals surface area contributed by atoms with E-state index in [1.54, 1.807) is 19.1 Å². The predicted molar refractivity (Wildman–Crippen MR) is 470 cm³/mol. The average molecular weight is 1640 g/mol. The van der Waals surface area contributed by atoms with Crippen LogP contribution in [0, 0.1) is 0 Å². The topological polar surface area (TPSA) is 300 Å². The van der Waals surface area contributed by atoms with Gasteiger partial charge in [0.15, 0.2) is 51.6 Å². The van der Waals surface area contributed by atoms with E-state index in [4.69, 9.17) is 36.0 Å². The van der Waals surface area contributed by atoms with Crippen molar-refractivity contribution < 1.29 is 113 Å². The first-order valence-electron chi connectivity index (χ1n) is 27.2. The zero-order valence-corrected chi connectivity index (χ0v) is 58.3. The molecular formula is C76H178O24Si6.